The molecule has 19 heavy (non-hydrogen) atoms. The van der Waals surface area contributed by atoms with E-state index in [0.29, 0.717) is 11.8 Å². The van der Waals surface area contributed by atoms with Gasteiger partial charge in [-0.25, -0.2) is 4.98 Å². The van der Waals surface area contributed by atoms with Crippen LogP contribution in [0.5, 0.6) is 5.88 Å². The van der Waals surface area contributed by atoms with Gasteiger partial charge >= 0.3 is 0 Å². The largest absolute Gasteiger partial charge is 0.477 e. The second kappa shape index (κ2) is 5.45. The molecule has 1 aliphatic carbocycles. The lowest BCUT2D eigenvalue weighted by Gasteiger charge is -2.23. The van der Waals surface area contributed by atoms with E-state index in [4.69, 9.17) is 4.74 Å². The molecule has 4 nitrogen and oxygen atoms in total. The Hall–Kier alpha value is -1.16. The highest BCUT2D eigenvalue weighted by atomic mass is 16.5. The highest BCUT2D eigenvalue weighted by molar-refractivity contribution is 5.30. The molecule has 4 heteroatoms. The van der Waals surface area contributed by atoms with Gasteiger partial charge in [0.1, 0.15) is 5.82 Å². The zero-order chi connectivity index (χ0) is 13.2. The van der Waals surface area contributed by atoms with Crippen molar-refractivity contribution < 1.29 is 4.74 Å². The molecule has 0 radical (unpaired) electrons. The highest BCUT2D eigenvalue weighted by Crippen LogP contribution is 2.39. The molecule has 0 aromatic carbocycles. The molecule has 0 unspecified atom stereocenters. The van der Waals surface area contributed by atoms with Gasteiger partial charge in [0.25, 0.3) is 0 Å². The Morgan fingerprint density at radius 3 is 2.53 bits per heavy atom. The van der Waals surface area contributed by atoms with Gasteiger partial charge in [0.05, 0.1) is 6.61 Å². The molecular weight excluding hydrogens is 238 g/mol. The summed E-state index contributed by atoms with van der Waals surface area (Å²) in [6, 6.07) is 0. The summed E-state index contributed by atoms with van der Waals surface area (Å²) < 4.78 is 6.00. The summed E-state index contributed by atoms with van der Waals surface area (Å²) in [7, 11) is 0. The third kappa shape index (κ3) is 3.06. The maximum Gasteiger partial charge on any atom is 0.219 e. The minimum absolute atomic E-state index is 0.584. The van der Waals surface area contributed by atoms with E-state index in [-0.39, 0.29) is 0 Å². The van der Waals surface area contributed by atoms with Crippen LogP contribution in [0.15, 0.2) is 0 Å². The van der Waals surface area contributed by atoms with Crippen molar-refractivity contribution in [1.29, 1.82) is 0 Å². The van der Waals surface area contributed by atoms with Gasteiger partial charge in [-0.3, -0.25) is 0 Å². The number of ether oxygens (including phenoxy) is 1. The van der Waals surface area contributed by atoms with E-state index in [1.165, 1.54) is 25.7 Å². The quantitative estimate of drug-likeness (QED) is 0.903. The molecule has 3 rings (SSSR count). The van der Waals surface area contributed by atoms with E-state index < -0.39 is 0 Å². The van der Waals surface area contributed by atoms with Crippen LogP contribution in [0.3, 0.4) is 0 Å². The second-order valence-corrected chi connectivity index (χ2v) is 5.88. The van der Waals surface area contributed by atoms with Gasteiger partial charge in [0, 0.05) is 17.2 Å². The summed E-state index contributed by atoms with van der Waals surface area (Å²) in [6.45, 7) is 7.14. The summed E-state index contributed by atoms with van der Waals surface area (Å²) >= 11 is 0. The zero-order valence-electron chi connectivity index (χ0n) is 11.9. The maximum atomic E-state index is 6.00. The van der Waals surface area contributed by atoms with Crippen molar-refractivity contribution in [3.8, 4) is 5.88 Å². The average molecular weight is 261 g/mol. The molecule has 1 saturated heterocycles. The lowest BCUT2D eigenvalue weighted by molar-refractivity contribution is 0.207. The first-order chi connectivity index (χ1) is 9.24. The lowest BCUT2D eigenvalue weighted by atomic mass is 9.99. The molecule has 1 N–H and O–H groups in total. The van der Waals surface area contributed by atoms with Crippen molar-refractivity contribution in [1.82, 2.24) is 15.3 Å². The van der Waals surface area contributed by atoms with Gasteiger partial charge in [0.15, 0.2) is 0 Å². The van der Waals surface area contributed by atoms with Crippen LogP contribution in [0.2, 0.25) is 0 Å². The molecule has 0 spiro atoms. The van der Waals surface area contributed by atoms with Crippen LogP contribution in [0.1, 0.15) is 48.7 Å². The molecule has 1 aromatic rings. The fourth-order valence-electron chi connectivity index (χ4n) is 2.53. The third-order valence-corrected chi connectivity index (χ3v) is 4.22. The maximum absolute atomic E-state index is 6.00. The summed E-state index contributed by atoms with van der Waals surface area (Å²) in [5.41, 5.74) is 2.16. The Balaban J connectivity index is 1.68. The van der Waals surface area contributed by atoms with E-state index in [1.54, 1.807) is 0 Å². The van der Waals surface area contributed by atoms with Gasteiger partial charge in [0.2, 0.25) is 5.88 Å². The fraction of sp³-hybridized carbons (Fsp3) is 0.733. The fourth-order valence-corrected chi connectivity index (χ4v) is 2.53. The zero-order valence-corrected chi connectivity index (χ0v) is 11.9. The third-order valence-electron chi connectivity index (χ3n) is 4.22. The van der Waals surface area contributed by atoms with Crippen LogP contribution >= 0.6 is 0 Å². The summed E-state index contributed by atoms with van der Waals surface area (Å²) in [5, 5.41) is 3.38. The van der Waals surface area contributed by atoms with Gasteiger partial charge in [-0.2, -0.15) is 4.98 Å². The van der Waals surface area contributed by atoms with Gasteiger partial charge < -0.3 is 10.1 Å². The predicted octanol–water partition coefficient (Wildman–Crippen LogP) is 2.35. The topological polar surface area (TPSA) is 47.0 Å². The first kappa shape index (κ1) is 12.9. The molecular formula is C15H23N3O. The van der Waals surface area contributed by atoms with E-state index in [0.717, 1.165) is 42.7 Å². The number of hydrogen-bond donors (Lipinski definition) is 1. The SMILES string of the molecule is Cc1nc(C2CC2)nc(OCC2CCNCC2)c1C. The summed E-state index contributed by atoms with van der Waals surface area (Å²) in [5.74, 6) is 3.05. The highest BCUT2D eigenvalue weighted by Gasteiger charge is 2.28. The summed E-state index contributed by atoms with van der Waals surface area (Å²) in [6.07, 6.45) is 4.88. The van der Waals surface area contributed by atoms with Crippen LogP contribution in [0, 0.1) is 19.8 Å². The molecule has 0 amide bonds. The number of aryl methyl sites for hydroxylation is 1. The number of aromatic nitrogens is 2. The number of nitrogens with zero attached hydrogens (tertiary/aromatic N) is 2. The number of hydrogen-bond acceptors (Lipinski definition) is 4. The van der Waals surface area contributed by atoms with Crippen LogP contribution in [0.25, 0.3) is 0 Å². The predicted molar refractivity (Wildman–Crippen MR) is 74.6 cm³/mol. The molecule has 104 valence electrons. The minimum Gasteiger partial charge on any atom is -0.477 e. The van der Waals surface area contributed by atoms with Crippen LogP contribution < -0.4 is 10.1 Å². The Morgan fingerprint density at radius 2 is 1.84 bits per heavy atom. The van der Waals surface area contributed by atoms with Crippen molar-refractivity contribution in [2.24, 2.45) is 5.92 Å². The van der Waals surface area contributed by atoms with E-state index >= 15 is 0 Å². The van der Waals surface area contributed by atoms with Gasteiger partial charge in [-0.05, 0) is 58.5 Å². The number of nitrogens with one attached hydrogen (secondary N) is 1. The molecule has 0 bridgehead atoms. The molecule has 2 aliphatic rings. The Labute approximate surface area is 115 Å². The molecule has 1 aliphatic heterocycles. The minimum atomic E-state index is 0.584. The first-order valence-corrected chi connectivity index (χ1v) is 7.42. The Kier molecular flexibility index (Phi) is 3.69. The van der Waals surface area contributed by atoms with E-state index in [1.807, 2.05) is 0 Å². The normalized spacial score (nSPS) is 20.5. The summed E-state index contributed by atoms with van der Waals surface area (Å²) in [4.78, 5) is 9.22. The van der Waals surface area contributed by atoms with Crippen molar-refractivity contribution in [3.63, 3.8) is 0 Å². The Bertz CT molecular complexity index is 451. The smallest absolute Gasteiger partial charge is 0.219 e. The molecule has 2 heterocycles. The van der Waals surface area contributed by atoms with Crippen LogP contribution in [-0.2, 0) is 0 Å². The monoisotopic (exact) mass is 261 g/mol. The van der Waals surface area contributed by atoms with E-state index in [9.17, 15) is 0 Å². The van der Waals surface area contributed by atoms with Crippen LogP contribution in [-0.4, -0.2) is 29.7 Å². The van der Waals surface area contributed by atoms with Crippen molar-refractivity contribution in [3.05, 3.63) is 17.1 Å². The second-order valence-electron chi connectivity index (χ2n) is 5.88. The average Bonchev–Trinajstić information content (AvgIpc) is 3.26. The molecule has 1 aromatic heterocycles. The van der Waals surface area contributed by atoms with Crippen molar-refractivity contribution >= 4 is 0 Å². The first-order valence-electron chi connectivity index (χ1n) is 7.42. The van der Waals surface area contributed by atoms with Gasteiger partial charge in [-0.15, -0.1) is 0 Å². The van der Waals surface area contributed by atoms with Crippen molar-refractivity contribution in [2.75, 3.05) is 19.7 Å². The van der Waals surface area contributed by atoms with Crippen molar-refractivity contribution in [2.45, 2.75) is 45.4 Å². The number of rotatable bonds is 4. The lowest BCUT2D eigenvalue weighted by Crippen LogP contribution is -2.30. The number of piperidine rings is 1. The Morgan fingerprint density at radius 1 is 1.11 bits per heavy atom. The standard InChI is InChI=1S/C15H23N3O/c1-10-11(2)17-14(13-3-4-13)18-15(10)19-9-12-5-7-16-8-6-12/h12-13,16H,3-9H2,1-2H3. The van der Waals surface area contributed by atoms with Crippen LogP contribution in [0.4, 0.5) is 0 Å². The molecule has 0 atom stereocenters. The van der Waals surface area contributed by atoms with Gasteiger partial charge in [-0.1, -0.05) is 0 Å². The van der Waals surface area contributed by atoms with E-state index in [2.05, 4.69) is 29.1 Å². The molecule has 2 fully saturated rings. The molecule has 1 saturated carbocycles.